The molecule has 3 rings (SSSR count). The minimum atomic E-state index is 0.454. The number of benzene rings is 1. The van der Waals surface area contributed by atoms with Crippen molar-refractivity contribution in [3.05, 3.63) is 42.1 Å². The quantitative estimate of drug-likeness (QED) is 0.941. The predicted molar refractivity (Wildman–Crippen MR) is 78.3 cm³/mol. The molecule has 0 saturated carbocycles. The summed E-state index contributed by atoms with van der Waals surface area (Å²) in [6, 6.07) is 11.9. The molecule has 2 aromatic rings. The molecule has 0 aliphatic carbocycles. The van der Waals surface area contributed by atoms with E-state index in [1.54, 1.807) is 11.8 Å². The van der Waals surface area contributed by atoms with Gasteiger partial charge in [0.15, 0.2) is 11.5 Å². The fourth-order valence-corrected chi connectivity index (χ4v) is 2.81. The third-order valence-corrected chi connectivity index (χ3v) is 3.86. The summed E-state index contributed by atoms with van der Waals surface area (Å²) in [5.74, 6) is 1.62. The van der Waals surface area contributed by atoms with Crippen LogP contribution in [0.4, 0.5) is 0 Å². The summed E-state index contributed by atoms with van der Waals surface area (Å²) in [5, 5.41) is 0.933. The lowest BCUT2D eigenvalue weighted by atomic mass is 10.3. The largest absolute Gasteiger partial charge is 0.490 e. The molecule has 5 heteroatoms. The highest BCUT2D eigenvalue weighted by Gasteiger charge is 2.11. The van der Waals surface area contributed by atoms with Crippen molar-refractivity contribution in [3.63, 3.8) is 0 Å². The fourth-order valence-electron chi connectivity index (χ4n) is 1.96. The van der Waals surface area contributed by atoms with E-state index in [0.29, 0.717) is 19.8 Å². The second-order valence-electron chi connectivity index (χ2n) is 4.43. The summed E-state index contributed by atoms with van der Waals surface area (Å²) < 4.78 is 11.3. The molecule has 0 bridgehead atoms. The Morgan fingerprint density at radius 2 is 1.95 bits per heavy atom. The van der Waals surface area contributed by atoms with Crippen LogP contribution in [-0.2, 0) is 6.54 Å². The topological polar surface area (TPSA) is 57.4 Å². The lowest BCUT2D eigenvalue weighted by Gasteiger charge is -2.09. The van der Waals surface area contributed by atoms with Gasteiger partial charge in [0, 0.05) is 17.9 Å². The van der Waals surface area contributed by atoms with Gasteiger partial charge in [0.05, 0.1) is 18.9 Å². The highest BCUT2D eigenvalue weighted by Crippen LogP contribution is 2.36. The smallest absolute Gasteiger partial charge is 0.162 e. The van der Waals surface area contributed by atoms with Gasteiger partial charge in [0.1, 0.15) is 5.03 Å². The van der Waals surface area contributed by atoms with Gasteiger partial charge in [-0.15, -0.1) is 0 Å². The Labute approximate surface area is 122 Å². The number of pyridine rings is 1. The third kappa shape index (κ3) is 3.05. The van der Waals surface area contributed by atoms with Crippen LogP contribution in [0, 0.1) is 0 Å². The second kappa shape index (κ2) is 6.15. The molecule has 0 radical (unpaired) electrons. The summed E-state index contributed by atoms with van der Waals surface area (Å²) in [7, 11) is 0. The molecule has 0 amide bonds. The molecule has 0 atom stereocenters. The van der Waals surface area contributed by atoms with Crippen LogP contribution in [0.25, 0.3) is 0 Å². The Hall–Kier alpha value is -1.72. The Bertz CT molecular complexity index is 604. The number of rotatable bonds is 3. The Morgan fingerprint density at radius 1 is 1.10 bits per heavy atom. The van der Waals surface area contributed by atoms with E-state index in [0.717, 1.165) is 33.5 Å². The Balaban J connectivity index is 1.82. The fraction of sp³-hybridized carbons (Fsp3) is 0.267. The van der Waals surface area contributed by atoms with Crippen LogP contribution < -0.4 is 15.2 Å². The molecule has 0 fully saturated rings. The van der Waals surface area contributed by atoms with Gasteiger partial charge in [0.25, 0.3) is 0 Å². The van der Waals surface area contributed by atoms with Crippen molar-refractivity contribution >= 4 is 11.8 Å². The van der Waals surface area contributed by atoms with Gasteiger partial charge in [-0.05, 0) is 30.3 Å². The van der Waals surface area contributed by atoms with E-state index in [9.17, 15) is 0 Å². The summed E-state index contributed by atoms with van der Waals surface area (Å²) in [5.41, 5.74) is 6.51. The molecule has 0 saturated heterocycles. The molecule has 2 heterocycles. The number of fused-ring (bicyclic) bond motifs is 1. The molecule has 1 aromatic heterocycles. The van der Waals surface area contributed by atoms with Gasteiger partial charge >= 0.3 is 0 Å². The van der Waals surface area contributed by atoms with E-state index in [1.807, 2.05) is 36.4 Å². The molecule has 1 aromatic carbocycles. The lowest BCUT2D eigenvalue weighted by molar-refractivity contribution is 0.297. The molecule has 20 heavy (non-hydrogen) atoms. The van der Waals surface area contributed by atoms with Crippen molar-refractivity contribution < 1.29 is 9.47 Å². The van der Waals surface area contributed by atoms with Crippen molar-refractivity contribution in [2.75, 3.05) is 13.2 Å². The van der Waals surface area contributed by atoms with Gasteiger partial charge in [0.2, 0.25) is 0 Å². The van der Waals surface area contributed by atoms with Gasteiger partial charge in [-0.25, -0.2) is 4.98 Å². The minimum absolute atomic E-state index is 0.454. The molecular weight excluding hydrogens is 272 g/mol. The van der Waals surface area contributed by atoms with Gasteiger partial charge in [-0.2, -0.15) is 0 Å². The maximum atomic E-state index is 5.69. The van der Waals surface area contributed by atoms with Gasteiger partial charge in [-0.1, -0.05) is 17.8 Å². The summed E-state index contributed by atoms with van der Waals surface area (Å²) in [4.78, 5) is 5.56. The number of nitrogens with zero attached hydrogens (tertiary/aromatic N) is 1. The summed E-state index contributed by atoms with van der Waals surface area (Å²) >= 11 is 1.59. The van der Waals surface area contributed by atoms with E-state index in [1.165, 1.54) is 0 Å². The van der Waals surface area contributed by atoms with Crippen molar-refractivity contribution in [1.29, 1.82) is 0 Å². The van der Waals surface area contributed by atoms with Crippen molar-refractivity contribution in [2.45, 2.75) is 22.9 Å². The summed E-state index contributed by atoms with van der Waals surface area (Å²) in [6.45, 7) is 1.86. The van der Waals surface area contributed by atoms with Gasteiger partial charge < -0.3 is 15.2 Å². The highest BCUT2D eigenvalue weighted by atomic mass is 32.2. The average Bonchev–Trinajstić information content (AvgIpc) is 2.72. The van der Waals surface area contributed by atoms with Gasteiger partial charge in [-0.3, -0.25) is 0 Å². The van der Waals surface area contributed by atoms with E-state index in [4.69, 9.17) is 15.2 Å². The Kier molecular flexibility index (Phi) is 4.08. The zero-order valence-corrected chi connectivity index (χ0v) is 11.9. The molecule has 1 aliphatic rings. The average molecular weight is 288 g/mol. The highest BCUT2D eigenvalue weighted by molar-refractivity contribution is 7.99. The first kappa shape index (κ1) is 13.3. The second-order valence-corrected chi connectivity index (χ2v) is 5.53. The molecule has 0 spiro atoms. The predicted octanol–water partition coefficient (Wildman–Crippen LogP) is 2.85. The van der Waals surface area contributed by atoms with Crippen LogP contribution in [0.1, 0.15) is 12.1 Å². The molecule has 4 nitrogen and oxygen atoms in total. The first-order chi connectivity index (χ1) is 9.85. The summed E-state index contributed by atoms with van der Waals surface area (Å²) in [6.07, 6.45) is 0.914. The monoisotopic (exact) mass is 288 g/mol. The third-order valence-electron chi connectivity index (χ3n) is 2.93. The van der Waals surface area contributed by atoms with Crippen LogP contribution in [0.3, 0.4) is 0 Å². The van der Waals surface area contributed by atoms with Crippen LogP contribution in [0.5, 0.6) is 11.5 Å². The molecule has 0 unspecified atom stereocenters. The molecule has 104 valence electrons. The number of hydrogen-bond donors (Lipinski definition) is 1. The van der Waals surface area contributed by atoms with E-state index in [-0.39, 0.29) is 0 Å². The maximum absolute atomic E-state index is 5.69. The van der Waals surface area contributed by atoms with Crippen molar-refractivity contribution in [1.82, 2.24) is 4.98 Å². The number of ether oxygens (including phenoxy) is 2. The van der Waals surface area contributed by atoms with Crippen LogP contribution in [0.15, 0.2) is 46.3 Å². The van der Waals surface area contributed by atoms with E-state index in [2.05, 4.69) is 4.98 Å². The molecule has 2 N–H and O–H groups in total. The molecule has 1 aliphatic heterocycles. The number of aromatic nitrogens is 1. The first-order valence-electron chi connectivity index (χ1n) is 6.58. The van der Waals surface area contributed by atoms with Crippen LogP contribution in [-0.4, -0.2) is 18.2 Å². The van der Waals surface area contributed by atoms with Crippen LogP contribution >= 0.6 is 11.8 Å². The molecular formula is C15H16N2O2S. The first-order valence-corrected chi connectivity index (χ1v) is 7.40. The van der Waals surface area contributed by atoms with E-state index < -0.39 is 0 Å². The van der Waals surface area contributed by atoms with Crippen LogP contribution in [0.2, 0.25) is 0 Å². The SMILES string of the molecule is NCc1cccc(Sc2ccc3c(c2)OCCCO3)n1. The zero-order chi connectivity index (χ0) is 13.8. The standard InChI is InChI=1S/C15H16N2O2S/c16-10-11-3-1-4-15(17-11)20-12-5-6-13-14(9-12)19-8-2-7-18-13/h1,3-6,9H,2,7-8,10,16H2. The normalized spacial score (nSPS) is 13.8. The number of hydrogen-bond acceptors (Lipinski definition) is 5. The lowest BCUT2D eigenvalue weighted by Crippen LogP contribution is -1.99. The minimum Gasteiger partial charge on any atom is -0.490 e. The van der Waals surface area contributed by atoms with E-state index >= 15 is 0 Å². The zero-order valence-electron chi connectivity index (χ0n) is 11.0. The van der Waals surface area contributed by atoms with Crippen molar-refractivity contribution in [2.24, 2.45) is 5.73 Å². The Morgan fingerprint density at radius 3 is 2.80 bits per heavy atom. The maximum Gasteiger partial charge on any atom is 0.162 e. The number of nitrogens with two attached hydrogens (primary N) is 1. The van der Waals surface area contributed by atoms with Crippen molar-refractivity contribution in [3.8, 4) is 11.5 Å².